The Morgan fingerprint density at radius 3 is 1.84 bits per heavy atom. The molecule has 2 spiro atoms. The SMILES string of the molecule is C/C(=C\C=C\[C@@H](C)[C@H]1CC[C@@]2(C)[C@@H]3CC[C@H]4C(C)(C)[C@@H](O[C@@H]5O[C@H](CO)[C@@H](O[C@@H]6O[C@H](CO)[C@@H](O)[C@H](O)[C@H]6O)[C@H](O)[C@H]5O[C@@H]5O[C@H](CO)[C@@H](O)[C@H](O)[C@H]5O)[C@H](O)C[C@@]45C[C@@]35CC[C@]12C)C(=O)N[C@@H]1C(=O)O[C@H](C)[C@@H]1C. The molecule has 4 heterocycles. The topological polar surface area (TPSA) is 333 Å². The first-order valence-corrected chi connectivity index (χ1v) is 27.3. The Morgan fingerprint density at radius 2 is 1.27 bits per heavy atom. The Labute approximate surface area is 438 Å². The van der Waals surface area contributed by atoms with Gasteiger partial charge in [-0.05, 0) is 116 Å². The van der Waals surface area contributed by atoms with Crippen molar-refractivity contribution in [3.05, 3.63) is 23.8 Å². The minimum atomic E-state index is -1.92. The Kier molecular flexibility index (Phi) is 16.1. The second-order valence-corrected chi connectivity index (χ2v) is 25.2. The maximum Gasteiger partial charge on any atom is 0.329 e. The molecule has 9 fully saturated rings. The molecule has 0 radical (unpaired) electrons. The molecule has 4 aliphatic heterocycles. The van der Waals surface area contributed by atoms with Gasteiger partial charge >= 0.3 is 5.97 Å². The fraction of sp³-hybridized carbons (Fsp3) is 0.889. The number of cyclic esters (lactones) is 1. The van der Waals surface area contributed by atoms with Crippen LogP contribution in [0.25, 0.3) is 0 Å². The van der Waals surface area contributed by atoms with Crippen LogP contribution in [0, 0.1) is 56.7 Å². The molecule has 9 rings (SSSR count). The van der Waals surface area contributed by atoms with Gasteiger partial charge in [-0.2, -0.15) is 0 Å². The molecule has 0 aromatic heterocycles. The number of amides is 1. The van der Waals surface area contributed by atoms with Gasteiger partial charge in [0.15, 0.2) is 18.9 Å². The second kappa shape index (κ2) is 21.0. The van der Waals surface area contributed by atoms with E-state index in [1.807, 2.05) is 26.0 Å². The average molecular weight is 1070 g/mol. The summed E-state index contributed by atoms with van der Waals surface area (Å²) in [5, 5.41) is 122. The summed E-state index contributed by atoms with van der Waals surface area (Å²) in [5.41, 5.74) is -0.332. The van der Waals surface area contributed by atoms with Crippen molar-refractivity contribution in [1.29, 1.82) is 0 Å². The first kappa shape index (κ1) is 57.4. The van der Waals surface area contributed by atoms with Crippen LogP contribution in [0.2, 0.25) is 0 Å². The predicted octanol–water partition coefficient (Wildman–Crippen LogP) is -0.565. The van der Waals surface area contributed by atoms with Crippen molar-refractivity contribution in [2.75, 3.05) is 19.8 Å². The van der Waals surface area contributed by atoms with Gasteiger partial charge in [-0.3, -0.25) is 4.79 Å². The van der Waals surface area contributed by atoms with E-state index in [0.717, 1.165) is 44.9 Å². The molecule has 0 aromatic rings. The molecular formula is C54H85NO20. The van der Waals surface area contributed by atoms with Crippen molar-refractivity contribution in [2.45, 2.75) is 223 Å². The molecule has 5 aliphatic carbocycles. The lowest BCUT2D eigenvalue weighted by Crippen LogP contribution is -2.68. The summed E-state index contributed by atoms with van der Waals surface area (Å²) in [4.78, 5) is 25.4. The average Bonchev–Trinajstić information content (AvgIpc) is 3.86. The van der Waals surface area contributed by atoms with Crippen molar-refractivity contribution in [1.82, 2.24) is 5.32 Å². The number of allylic oxidation sites excluding steroid dienone is 3. The fourth-order valence-electron chi connectivity index (χ4n) is 16.7. The van der Waals surface area contributed by atoms with Crippen LogP contribution in [0.1, 0.15) is 107 Å². The molecule has 28 atom stereocenters. The van der Waals surface area contributed by atoms with Gasteiger partial charge in [0, 0.05) is 11.5 Å². The minimum Gasteiger partial charge on any atom is -0.461 e. The number of nitrogens with one attached hydrogen (secondary N) is 1. The maximum absolute atomic E-state index is 13.1. The van der Waals surface area contributed by atoms with E-state index < -0.39 is 142 Å². The van der Waals surface area contributed by atoms with Gasteiger partial charge in [0.2, 0.25) is 5.91 Å². The third-order valence-corrected chi connectivity index (χ3v) is 21.3. The molecule has 9 aliphatic rings. The largest absolute Gasteiger partial charge is 0.461 e. The lowest BCUT2D eigenvalue weighted by molar-refractivity contribution is -0.397. The normalized spacial score (nSPS) is 52.8. The minimum absolute atomic E-state index is 0.00114. The summed E-state index contributed by atoms with van der Waals surface area (Å²) in [6.45, 7) is 14.5. The van der Waals surface area contributed by atoms with Crippen LogP contribution in [-0.2, 0) is 42.7 Å². The van der Waals surface area contributed by atoms with Crippen LogP contribution < -0.4 is 5.32 Å². The van der Waals surface area contributed by atoms with Crippen molar-refractivity contribution in [2.24, 2.45) is 56.7 Å². The Balaban J connectivity index is 0.918. The summed E-state index contributed by atoms with van der Waals surface area (Å²) in [6.07, 6.45) is -14.5. The Hall–Kier alpha value is -2.26. The van der Waals surface area contributed by atoms with Crippen LogP contribution in [0.4, 0.5) is 0 Å². The fourth-order valence-corrected chi connectivity index (χ4v) is 16.7. The Morgan fingerprint density at radius 1 is 0.693 bits per heavy atom. The number of aliphatic hydroxyl groups is 11. The lowest BCUT2D eigenvalue weighted by atomic mass is 9.41. The summed E-state index contributed by atoms with van der Waals surface area (Å²) in [7, 11) is 0. The van der Waals surface area contributed by atoms with Crippen molar-refractivity contribution in [3.63, 3.8) is 0 Å². The summed E-state index contributed by atoms with van der Waals surface area (Å²) < 4.78 is 41.8. The number of aliphatic hydroxyl groups excluding tert-OH is 11. The van der Waals surface area contributed by atoms with E-state index >= 15 is 0 Å². The van der Waals surface area contributed by atoms with E-state index in [1.54, 1.807) is 6.92 Å². The van der Waals surface area contributed by atoms with E-state index in [2.05, 4.69) is 46.0 Å². The third kappa shape index (κ3) is 9.20. The summed E-state index contributed by atoms with van der Waals surface area (Å²) >= 11 is 0. The summed E-state index contributed by atoms with van der Waals surface area (Å²) in [6, 6.07) is -0.673. The number of carbonyl (C=O) groups excluding carboxylic acids is 2. The van der Waals surface area contributed by atoms with E-state index in [-0.39, 0.29) is 51.4 Å². The predicted molar refractivity (Wildman–Crippen MR) is 261 cm³/mol. The molecule has 4 saturated heterocycles. The van der Waals surface area contributed by atoms with Crippen LogP contribution >= 0.6 is 0 Å². The van der Waals surface area contributed by atoms with Crippen LogP contribution in [-0.4, -0.2) is 204 Å². The van der Waals surface area contributed by atoms with Gasteiger partial charge in [-0.1, -0.05) is 59.8 Å². The molecule has 0 bridgehead atoms. The van der Waals surface area contributed by atoms with E-state index in [0.29, 0.717) is 23.8 Å². The molecule has 0 aromatic carbocycles. The highest BCUT2D eigenvalue weighted by molar-refractivity contribution is 5.96. The maximum atomic E-state index is 13.1. The van der Waals surface area contributed by atoms with E-state index in [1.165, 1.54) is 0 Å². The quantitative estimate of drug-likeness (QED) is 0.0449. The number of hydrogen-bond acceptors (Lipinski definition) is 20. The van der Waals surface area contributed by atoms with Crippen LogP contribution in [0.15, 0.2) is 23.8 Å². The Bertz CT molecular complexity index is 2140. The number of hydrogen-bond donors (Lipinski definition) is 12. The number of fused-ring (bicyclic) bond motifs is 2. The van der Waals surface area contributed by atoms with E-state index in [4.69, 9.17) is 33.2 Å². The molecule has 426 valence electrons. The molecular weight excluding hydrogens is 983 g/mol. The van der Waals surface area contributed by atoms with Gasteiger partial charge in [0.1, 0.15) is 85.4 Å². The first-order valence-electron chi connectivity index (χ1n) is 27.3. The van der Waals surface area contributed by atoms with E-state index in [9.17, 15) is 65.8 Å². The van der Waals surface area contributed by atoms with Crippen LogP contribution in [0.5, 0.6) is 0 Å². The highest BCUT2D eigenvalue weighted by Gasteiger charge is 2.83. The van der Waals surface area contributed by atoms with Crippen molar-refractivity contribution >= 4 is 11.9 Å². The molecule has 1 amide bonds. The highest BCUT2D eigenvalue weighted by atomic mass is 16.8. The lowest BCUT2D eigenvalue weighted by Gasteiger charge is -2.64. The summed E-state index contributed by atoms with van der Waals surface area (Å²) in [5.74, 6) is 0.310. The second-order valence-electron chi connectivity index (χ2n) is 25.2. The standard InChI is InChI=1S/C54H85NO20/c1-23(10-9-11-24(2)45(67)55-34-25(3)26(4)69-46(34)68)27-14-15-52(8)33-13-12-32-50(5,6)44(28(59)18-54(32)22-53(33,54)17-16-51(27,52)7)75-49-43(74-48-40(65)38(63)36(61)30(20-57)71-48)41(66)42(31(21-58)72-49)73-47-39(64)37(62)35(60)29(19-56)70-47/h9-11,23,25-44,47-49,56-66H,12-22H2,1-8H3,(H,55,67)/b10-9+,24-11+/t23-,25+,26-,27-,28-,29-,30-,31-,32+,33+,34+,35-,36-,37+,38+,39-,40-,41+,42-,43-,44+,47+,48+,49+,51-,52+,53+,54-/m1/s1. The van der Waals surface area contributed by atoms with Gasteiger partial charge in [0.05, 0.1) is 32.0 Å². The molecule has 21 nitrogen and oxygen atoms in total. The number of ether oxygens (including phenoxy) is 7. The van der Waals surface area contributed by atoms with Gasteiger partial charge in [-0.25, -0.2) is 4.79 Å². The smallest absolute Gasteiger partial charge is 0.329 e. The zero-order valence-corrected chi connectivity index (χ0v) is 44.5. The molecule has 5 saturated carbocycles. The number of rotatable bonds is 14. The monoisotopic (exact) mass is 1070 g/mol. The van der Waals surface area contributed by atoms with Crippen LogP contribution in [0.3, 0.4) is 0 Å². The van der Waals surface area contributed by atoms with Crippen molar-refractivity contribution < 1.29 is 98.9 Å². The molecule has 75 heavy (non-hydrogen) atoms. The third-order valence-electron chi connectivity index (χ3n) is 21.3. The number of carbonyl (C=O) groups is 2. The zero-order chi connectivity index (χ0) is 54.6. The van der Waals surface area contributed by atoms with Gasteiger partial charge in [-0.15, -0.1) is 0 Å². The van der Waals surface area contributed by atoms with Gasteiger partial charge in [0.25, 0.3) is 0 Å². The first-order chi connectivity index (χ1) is 35.3. The highest BCUT2D eigenvalue weighted by Crippen LogP contribution is 2.89. The molecule has 0 unspecified atom stereocenters. The zero-order valence-electron chi connectivity index (χ0n) is 44.5. The van der Waals surface area contributed by atoms with Gasteiger partial charge < -0.3 is 94.6 Å². The molecule has 21 heteroatoms. The van der Waals surface area contributed by atoms with Crippen molar-refractivity contribution in [3.8, 4) is 0 Å². The molecule has 12 N–H and O–H groups in total. The number of esters is 1.